The molecule has 2 aromatic carbocycles. The number of ether oxygens (including phenoxy) is 1. The predicted octanol–water partition coefficient (Wildman–Crippen LogP) is 3.22. The minimum Gasteiger partial charge on any atom is -0.489 e. The fraction of sp³-hybridized carbons (Fsp3) is 0.333. The van der Waals surface area contributed by atoms with Crippen molar-refractivity contribution in [1.82, 2.24) is 5.32 Å². The lowest BCUT2D eigenvalue weighted by molar-refractivity contribution is 0.183. The number of fused-ring (bicyclic) bond motifs is 1. The Morgan fingerprint density at radius 2 is 1.71 bits per heavy atom. The maximum absolute atomic E-state index is 5.91. The van der Waals surface area contributed by atoms with E-state index in [2.05, 4.69) is 49.5 Å². The van der Waals surface area contributed by atoms with Crippen LogP contribution in [0.1, 0.15) is 13.8 Å². The fourth-order valence-electron chi connectivity index (χ4n) is 1.79. The van der Waals surface area contributed by atoms with Crippen LogP contribution in [-0.2, 0) is 0 Å². The van der Waals surface area contributed by atoms with Crippen LogP contribution in [0.25, 0.3) is 10.8 Å². The third-order valence-electron chi connectivity index (χ3n) is 3.20. The number of hydrogen-bond acceptors (Lipinski definition) is 2. The van der Waals surface area contributed by atoms with Gasteiger partial charge in [-0.1, -0.05) is 30.3 Å². The molecule has 0 saturated carbocycles. The maximum Gasteiger partial charge on any atom is 0.120 e. The Morgan fingerprint density at radius 3 is 2.41 bits per heavy atom. The highest BCUT2D eigenvalue weighted by Gasteiger charge is 2.11. The van der Waals surface area contributed by atoms with E-state index in [9.17, 15) is 0 Å². The van der Waals surface area contributed by atoms with Gasteiger partial charge >= 0.3 is 0 Å². The van der Waals surface area contributed by atoms with Gasteiger partial charge in [0.25, 0.3) is 0 Å². The average Bonchev–Trinajstić information content (AvgIpc) is 2.37. The predicted molar refractivity (Wildman–Crippen MR) is 72.6 cm³/mol. The van der Waals surface area contributed by atoms with Gasteiger partial charge in [0.1, 0.15) is 11.9 Å². The molecule has 2 aromatic rings. The van der Waals surface area contributed by atoms with Crippen LogP contribution >= 0.6 is 0 Å². The van der Waals surface area contributed by atoms with Gasteiger partial charge in [-0.25, -0.2) is 0 Å². The summed E-state index contributed by atoms with van der Waals surface area (Å²) in [5.74, 6) is 0.929. The van der Waals surface area contributed by atoms with Gasteiger partial charge in [0.2, 0.25) is 0 Å². The third kappa shape index (κ3) is 2.77. The zero-order valence-corrected chi connectivity index (χ0v) is 10.6. The minimum absolute atomic E-state index is 0.154. The Morgan fingerprint density at radius 1 is 1.00 bits per heavy atom. The minimum atomic E-state index is 0.154. The Hall–Kier alpha value is -1.54. The van der Waals surface area contributed by atoms with Crippen LogP contribution in [0.2, 0.25) is 0 Å². The van der Waals surface area contributed by atoms with Crippen molar-refractivity contribution >= 4 is 10.8 Å². The Balaban J connectivity index is 2.19. The highest BCUT2D eigenvalue weighted by Crippen LogP contribution is 2.21. The first-order valence-corrected chi connectivity index (χ1v) is 6.03. The van der Waals surface area contributed by atoms with Gasteiger partial charge in [0.15, 0.2) is 0 Å². The first-order valence-electron chi connectivity index (χ1n) is 6.03. The number of likely N-dealkylation sites (N-methyl/N-ethyl adjacent to an activating group) is 1. The van der Waals surface area contributed by atoms with Crippen LogP contribution in [0, 0.1) is 0 Å². The van der Waals surface area contributed by atoms with Crippen LogP contribution in [0.5, 0.6) is 5.75 Å². The number of nitrogens with one attached hydrogen (secondary N) is 1. The summed E-state index contributed by atoms with van der Waals surface area (Å²) in [6.07, 6.45) is 0.154. The van der Waals surface area contributed by atoms with Gasteiger partial charge in [-0.3, -0.25) is 0 Å². The number of rotatable bonds is 4. The molecule has 1 N–H and O–H groups in total. The highest BCUT2D eigenvalue weighted by atomic mass is 16.5. The molecule has 2 heteroatoms. The summed E-state index contributed by atoms with van der Waals surface area (Å²) in [6, 6.07) is 14.9. The van der Waals surface area contributed by atoms with Crippen molar-refractivity contribution in [3.05, 3.63) is 42.5 Å². The summed E-state index contributed by atoms with van der Waals surface area (Å²) in [7, 11) is 1.95. The topological polar surface area (TPSA) is 21.3 Å². The molecule has 0 aromatic heterocycles. The van der Waals surface area contributed by atoms with Gasteiger partial charge in [-0.15, -0.1) is 0 Å². The molecule has 0 heterocycles. The summed E-state index contributed by atoms with van der Waals surface area (Å²) in [6.45, 7) is 4.20. The van der Waals surface area contributed by atoms with Gasteiger partial charge in [0.05, 0.1) is 0 Å². The number of benzene rings is 2. The Labute approximate surface area is 103 Å². The van der Waals surface area contributed by atoms with E-state index in [1.807, 2.05) is 19.2 Å². The summed E-state index contributed by atoms with van der Waals surface area (Å²) >= 11 is 0. The molecule has 90 valence electrons. The molecule has 0 aliphatic carbocycles. The van der Waals surface area contributed by atoms with Crippen molar-refractivity contribution in [2.75, 3.05) is 7.05 Å². The van der Waals surface area contributed by atoms with E-state index < -0.39 is 0 Å². The van der Waals surface area contributed by atoms with E-state index in [1.54, 1.807) is 0 Å². The summed E-state index contributed by atoms with van der Waals surface area (Å²) < 4.78 is 5.91. The highest BCUT2D eigenvalue weighted by molar-refractivity contribution is 5.83. The van der Waals surface area contributed by atoms with E-state index in [0.717, 1.165) is 5.75 Å². The summed E-state index contributed by atoms with van der Waals surface area (Å²) in [4.78, 5) is 0. The van der Waals surface area contributed by atoms with Crippen LogP contribution in [-0.4, -0.2) is 19.2 Å². The van der Waals surface area contributed by atoms with Crippen molar-refractivity contribution in [2.24, 2.45) is 0 Å². The molecule has 2 atom stereocenters. The molecular formula is C15H19NO. The average molecular weight is 229 g/mol. The van der Waals surface area contributed by atoms with Crippen LogP contribution < -0.4 is 10.1 Å². The second kappa shape index (κ2) is 5.19. The molecule has 17 heavy (non-hydrogen) atoms. The monoisotopic (exact) mass is 229 g/mol. The molecule has 0 spiro atoms. The van der Waals surface area contributed by atoms with E-state index in [-0.39, 0.29) is 6.10 Å². The van der Waals surface area contributed by atoms with Gasteiger partial charge in [-0.2, -0.15) is 0 Å². The number of hydrogen-bond donors (Lipinski definition) is 1. The van der Waals surface area contributed by atoms with Crippen molar-refractivity contribution < 1.29 is 4.74 Å². The molecule has 0 saturated heterocycles. The van der Waals surface area contributed by atoms with E-state index in [0.29, 0.717) is 6.04 Å². The lowest BCUT2D eigenvalue weighted by Crippen LogP contribution is -2.36. The SMILES string of the molecule is CNC(C)C(C)Oc1ccc2ccccc2c1. The molecule has 2 unspecified atom stereocenters. The first-order chi connectivity index (χ1) is 8.20. The van der Waals surface area contributed by atoms with Gasteiger partial charge in [0, 0.05) is 6.04 Å². The second-order valence-electron chi connectivity index (χ2n) is 4.41. The molecule has 0 bridgehead atoms. The lowest BCUT2D eigenvalue weighted by atomic mass is 10.1. The largest absolute Gasteiger partial charge is 0.489 e. The zero-order chi connectivity index (χ0) is 12.3. The van der Waals surface area contributed by atoms with Crippen molar-refractivity contribution in [2.45, 2.75) is 26.0 Å². The molecule has 0 radical (unpaired) electrons. The summed E-state index contributed by atoms with van der Waals surface area (Å²) in [5.41, 5.74) is 0. The van der Waals surface area contributed by atoms with Crippen LogP contribution in [0.15, 0.2) is 42.5 Å². The molecule has 0 aliphatic heterocycles. The summed E-state index contributed by atoms with van der Waals surface area (Å²) in [5, 5.41) is 5.66. The van der Waals surface area contributed by atoms with Crippen molar-refractivity contribution in [1.29, 1.82) is 0 Å². The zero-order valence-electron chi connectivity index (χ0n) is 10.6. The van der Waals surface area contributed by atoms with Crippen LogP contribution in [0.4, 0.5) is 0 Å². The van der Waals surface area contributed by atoms with Crippen LogP contribution in [0.3, 0.4) is 0 Å². The molecule has 2 rings (SSSR count). The van der Waals surface area contributed by atoms with E-state index in [4.69, 9.17) is 4.74 Å². The van der Waals surface area contributed by atoms with Crippen molar-refractivity contribution in [3.63, 3.8) is 0 Å². The smallest absolute Gasteiger partial charge is 0.120 e. The molecular weight excluding hydrogens is 210 g/mol. The second-order valence-corrected chi connectivity index (χ2v) is 4.41. The molecule has 0 amide bonds. The Bertz CT molecular complexity index is 495. The molecule has 2 nitrogen and oxygen atoms in total. The maximum atomic E-state index is 5.91. The van der Waals surface area contributed by atoms with Crippen molar-refractivity contribution in [3.8, 4) is 5.75 Å². The standard InChI is InChI=1S/C15H19NO/c1-11(16-3)12(2)17-15-9-8-13-6-4-5-7-14(13)10-15/h4-12,16H,1-3H3. The normalized spacial score (nSPS) is 14.5. The lowest BCUT2D eigenvalue weighted by Gasteiger charge is -2.21. The van der Waals surface area contributed by atoms with Gasteiger partial charge < -0.3 is 10.1 Å². The first kappa shape index (κ1) is 11.9. The molecule has 0 fully saturated rings. The third-order valence-corrected chi connectivity index (χ3v) is 3.20. The van der Waals surface area contributed by atoms with E-state index in [1.165, 1.54) is 10.8 Å². The quantitative estimate of drug-likeness (QED) is 0.869. The molecule has 0 aliphatic rings. The van der Waals surface area contributed by atoms with Gasteiger partial charge in [-0.05, 0) is 43.8 Å². The van der Waals surface area contributed by atoms with E-state index >= 15 is 0 Å². The Kier molecular flexibility index (Phi) is 3.64. The fourth-order valence-corrected chi connectivity index (χ4v) is 1.79.